The van der Waals surface area contributed by atoms with Crippen LogP contribution in [0.4, 0.5) is 0 Å². The molecule has 0 fully saturated rings. The molecule has 0 N–H and O–H groups in total. The van der Waals surface area contributed by atoms with Crippen LogP contribution in [-0.2, 0) is 4.74 Å². The van der Waals surface area contributed by atoms with Gasteiger partial charge < -0.3 is 9.47 Å². The summed E-state index contributed by atoms with van der Waals surface area (Å²) >= 11 is 0. The number of methoxy groups -OCH3 is 2. The average Bonchev–Trinajstić information content (AvgIpc) is 2.46. The van der Waals surface area contributed by atoms with Crippen molar-refractivity contribution in [3.05, 3.63) is 42.4 Å². The van der Waals surface area contributed by atoms with Gasteiger partial charge in [0.1, 0.15) is 0 Å². The largest absolute Gasteiger partial charge is 0.481 e. The Labute approximate surface area is 104 Å². The zero-order valence-electron chi connectivity index (χ0n) is 10.1. The summed E-state index contributed by atoms with van der Waals surface area (Å²) in [6.45, 7) is 0. The van der Waals surface area contributed by atoms with Gasteiger partial charge in [0.2, 0.25) is 5.88 Å². The third-order valence-corrected chi connectivity index (χ3v) is 2.48. The van der Waals surface area contributed by atoms with Gasteiger partial charge in [0, 0.05) is 18.6 Å². The summed E-state index contributed by atoms with van der Waals surface area (Å²) in [5.41, 5.74) is 1.82. The van der Waals surface area contributed by atoms with Crippen LogP contribution in [0.1, 0.15) is 10.4 Å². The van der Waals surface area contributed by atoms with E-state index in [1.165, 1.54) is 20.4 Å². The van der Waals surface area contributed by atoms with Crippen molar-refractivity contribution in [2.75, 3.05) is 14.2 Å². The number of carbonyl (C=O) groups is 1. The molecule has 0 aliphatic carbocycles. The van der Waals surface area contributed by atoms with E-state index >= 15 is 0 Å². The predicted molar refractivity (Wildman–Crippen MR) is 65.4 cm³/mol. The number of pyridine rings is 2. The van der Waals surface area contributed by atoms with Crippen LogP contribution in [0.15, 0.2) is 36.8 Å². The summed E-state index contributed by atoms with van der Waals surface area (Å²) in [6, 6.07) is 5.17. The van der Waals surface area contributed by atoms with Crippen molar-refractivity contribution >= 4 is 5.97 Å². The van der Waals surface area contributed by atoms with E-state index in [1.807, 2.05) is 0 Å². The standard InChI is InChI=1S/C13H12N2O3/c1-17-12-11(9-3-6-14-7-4-9)10(5-8-15-12)13(16)18-2/h3-8H,1-2H3. The van der Waals surface area contributed by atoms with Crippen molar-refractivity contribution in [2.24, 2.45) is 0 Å². The third kappa shape index (κ3) is 2.15. The number of hydrogen-bond donors (Lipinski definition) is 0. The first-order valence-electron chi connectivity index (χ1n) is 5.29. The van der Waals surface area contributed by atoms with Crippen LogP contribution >= 0.6 is 0 Å². The maximum atomic E-state index is 11.8. The summed E-state index contributed by atoms with van der Waals surface area (Å²) in [6.07, 6.45) is 4.79. The predicted octanol–water partition coefficient (Wildman–Crippen LogP) is 1.94. The van der Waals surface area contributed by atoms with Crippen molar-refractivity contribution in [1.29, 1.82) is 0 Å². The number of carbonyl (C=O) groups excluding carboxylic acids is 1. The molecule has 0 aliphatic heterocycles. The van der Waals surface area contributed by atoms with Crippen LogP contribution in [0.25, 0.3) is 11.1 Å². The molecule has 18 heavy (non-hydrogen) atoms. The Morgan fingerprint density at radius 2 is 1.83 bits per heavy atom. The Hall–Kier alpha value is -2.43. The minimum absolute atomic E-state index is 0.379. The maximum absolute atomic E-state index is 11.8. The first-order valence-corrected chi connectivity index (χ1v) is 5.29. The molecule has 5 heteroatoms. The van der Waals surface area contributed by atoms with Gasteiger partial charge in [-0.25, -0.2) is 9.78 Å². The second kappa shape index (κ2) is 5.27. The van der Waals surface area contributed by atoms with Crippen molar-refractivity contribution < 1.29 is 14.3 Å². The maximum Gasteiger partial charge on any atom is 0.338 e. The molecule has 92 valence electrons. The van der Waals surface area contributed by atoms with E-state index in [1.54, 1.807) is 30.6 Å². The third-order valence-electron chi connectivity index (χ3n) is 2.48. The molecule has 0 aromatic carbocycles. The second-order valence-electron chi connectivity index (χ2n) is 3.47. The van der Waals surface area contributed by atoms with Gasteiger partial charge in [-0.05, 0) is 23.8 Å². The number of ether oxygens (including phenoxy) is 2. The first kappa shape index (κ1) is 12.0. The van der Waals surface area contributed by atoms with Gasteiger partial charge in [-0.2, -0.15) is 0 Å². The van der Waals surface area contributed by atoms with Crippen LogP contribution in [0.3, 0.4) is 0 Å². The van der Waals surface area contributed by atoms with Crippen LogP contribution in [0, 0.1) is 0 Å². The lowest BCUT2D eigenvalue weighted by molar-refractivity contribution is 0.0601. The van der Waals surface area contributed by atoms with Gasteiger partial charge >= 0.3 is 5.97 Å². The van der Waals surface area contributed by atoms with E-state index in [0.29, 0.717) is 17.0 Å². The number of rotatable bonds is 3. The molecule has 2 heterocycles. The normalized spacial score (nSPS) is 9.89. The van der Waals surface area contributed by atoms with E-state index in [0.717, 1.165) is 5.56 Å². The van der Waals surface area contributed by atoms with Gasteiger partial charge in [-0.15, -0.1) is 0 Å². The van der Waals surface area contributed by atoms with E-state index in [4.69, 9.17) is 9.47 Å². The summed E-state index contributed by atoms with van der Waals surface area (Å²) in [7, 11) is 2.85. The smallest absolute Gasteiger partial charge is 0.338 e. The molecular formula is C13H12N2O3. The fourth-order valence-corrected chi connectivity index (χ4v) is 1.67. The minimum Gasteiger partial charge on any atom is -0.481 e. The minimum atomic E-state index is -0.428. The van der Waals surface area contributed by atoms with Crippen molar-refractivity contribution in [3.8, 4) is 17.0 Å². The molecule has 0 radical (unpaired) electrons. The molecule has 0 bridgehead atoms. The molecule has 0 unspecified atom stereocenters. The summed E-state index contributed by atoms with van der Waals surface area (Å²) in [4.78, 5) is 19.8. The highest BCUT2D eigenvalue weighted by Crippen LogP contribution is 2.31. The van der Waals surface area contributed by atoms with E-state index in [-0.39, 0.29) is 0 Å². The van der Waals surface area contributed by atoms with Crippen LogP contribution in [-0.4, -0.2) is 30.2 Å². The lowest BCUT2D eigenvalue weighted by atomic mass is 10.0. The Bertz CT molecular complexity index is 555. The number of esters is 1. The van der Waals surface area contributed by atoms with E-state index in [9.17, 15) is 4.79 Å². The molecule has 0 aliphatic rings. The molecule has 0 saturated carbocycles. The van der Waals surface area contributed by atoms with Crippen molar-refractivity contribution in [3.63, 3.8) is 0 Å². The van der Waals surface area contributed by atoms with Crippen molar-refractivity contribution in [2.45, 2.75) is 0 Å². The quantitative estimate of drug-likeness (QED) is 0.772. The topological polar surface area (TPSA) is 61.3 Å². The zero-order chi connectivity index (χ0) is 13.0. The first-order chi connectivity index (χ1) is 8.77. The molecule has 2 rings (SSSR count). The molecule has 0 spiro atoms. The van der Waals surface area contributed by atoms with E-state index < -0.39 is 5.97 Å². The fraction of sp³-hybridized carbons (Fsp3) is 0.154. The van der Waals surface area contributed by atoms with Gasteiger partial charge in [0.15, 0.2) is 0 Å². The molecule has 0 atom stereocenters. The van der Waals surface area contributed by atoms with Crippen molar-refractivity contribution in [1.82, 2.24) is 9.97 Å². The zero-order valence-corrected chi connectivity index (χ0v) is 10.1. The Balaban J connectivity index is 2.66. The van der Waals surface area contributed by atoms with Gasteiger partial charge in [-0.1, -0.05) is 0 Å². The highest BCUT2D eigenvalue weighted by atomic mass is 16.5. The lowest BCUT2D eigenvalue weighted by Gasteiger charge is -2.11. The monoisotopic (exact) mass is 244 g/mol. The Kier molecular flexibility index (Phi) is 3.52. The lowest BCUT2D eigenvalue weighted by Crippen LogP contribution is -2.06. The summed E-state index contributed by atoms with van der Waals surface area (Å²) in [5, 5.41) is 0. The fourth-order valence-electron chi connectivity index (χ4n) is 1.67. The number of nitrogens with zero attached hydrogens (tertiary/aromatic N) is 2. The number of aromatic nitrogens is 2. The molecular weight excluding hydrogens is 232 g/mol. The summed E-state index contributed by atoms with van der Waals surface area (Å²) in [5.74, 6) is -0.0494. The number of hydrogen-bond acceptors (Lipinski definition) is 5. The van der Waals surface area contributed by atoms with Gasteiger partial charge in [0.05, 0.1) is 25.3 Å². The molecule has 0 saturated heterocycles. The molecule has 5 nitrogen and oxygen atoms in total. The highest BCUT2D eigenvalue weighted by Gasteiger charge is 2.18. The van der Waals surface area contributed by atoms with Crippen LogP contribution in [0.5, 0.6) is 5.88 Å². The van der Waals surface area contributed by atoms with Gasteiger partial charge in [0.25, 0.3) is 0 Å². The Morgan fingerprint density at radius 1 is 1.11 bits per heavy atom. The average molecular weight is 244 g/mol. The van der Waals surface area contributed by atoms with Crippen LogP contribution < -0.4 is 4.74 Å². The van der Waals surface area contributed by atoms with E-state index in [2.05, 4.69) is 9.97 Å². The molecule has 2 aromatic rings. The SMILES string of the molecule is COC(=O)c1ccnc(OC)c1-c1ccncc1. The van der Waals surface area contributed by atoms with Gasteiger partial charge in [-0.3, -0.25) is 4.98 Å². The second-order valence-corrected chi connectivity index (χ2v) is 3.47. The summed E-state index contributed by atoms with van der Waals surface area (Å²) < 4.78 is 9.96. The van der Waals surface area contributed by atoms with Crippen LogP contribution in [0.2, 0.25) is 0 Å². The highest BCUT2D eigenvalue weighted by molar-refractivity contribution is 5.98. The molecule has 0 amide bonds. The Morgan fingerprint density at radius 3 is 2.44 bits per heavy atom. The molecule has 2 aromatic heterocycles.